The first kappa shape index (κ1) is 20.3. The zero-order valence-electron chi connectivity index (χ0n) is 18.8. The minimum Gasteiger partial charge on any atom is -0.508 e. The lowest BCUT2D eigenvalue weighted by Crippen LogP contribution is -2.57. The number of rotatable bonds is 3. The van der Waals surface area contributed by atoms with E-state index in [0.29, 0.717) is 19.0 Å². The van der Waals surface area contributed by atoms with Crippen molar-refractivity contribution < 1.29 is 14.7 Å². The van der Waals surface area contributed by atoms with Gasteiger partial charge in [-0.25, -0.2) is 0 Å². The highest BCUT2D eigenvalue weighted by Gasteiger charge is 2.57. The average Bonchev–Trinajstić information content (AvgIpc) is 3.27. The average molecular weight is 435 g/mol. The molecule has 4 aliphatic carbocycles. The van der Waals surface area contributed by atoms with E-state index in [9.17, 15) is 14.7 Å². The number of likely N-dealkylation sites (tertiary alicyclic amines) is 1. The Morgan fingerprint density at radius 1 is 0.938 bits per heavy atom. The van der Waals surface area contributed by atoms with E-state index in [1.54, 1.807) is 12.1 Å². The molecule has 4 saturated carbocycles. The standard InChI is InChI=1S/C27H34N2O3/c30-23-5-3-21(4-6-23)22-7-10-28(11-8-22)25(31)24-2-1-9-29(24)26(32)27-15-18-12-19(16-27)14-20(13-18)17-27/h3-7,18-20,24,30H,1-2,8-17H2. The summed E-state index contributed by atoms with van der Waals surface area (Å²) in [4.78, 5) is 31.3. The van der Waals surface area contributed by atoms with Crippen molar-refractivity contribution in [1.29, 1.82) is 0 Å². The topological polar surface area (TPSA) is 60.9 Å². The Balaban J connectivity index is 1.15. The molecule has 5 fully saturated rings. The zero-order valence-corrected chi connectivity index (χ0v) is 18.8. The van der Waals surface area contributed by atoms with Gasteiger partial charge in [-0.2, -0.15) is 0 Å². The minimum atomic E-state index is -0.265. The SMILES string of the molecule is O=C(C1CCCN1C(=O)C12CC3CC(CC(C3)C1)C2)N1CC=C(c2ccc(O)cc2)CC1. The van der Waals surface area contributed by atoms with Crippen LogP contribution in [0.25, 0.3) is 5.57 Å². The van der Waals surface area contributed by atoms with Crippen molar-refractivity contribution in [2.45, 2.75) is 63.8 Å². The van der Waals surface area contributed by atoms with Crippen molar-refractivity contribution in [3.8, 4) is 5.75 Å². The summed E-state index contributed by atoms with van der Waals surface area (Å²) in [6.45, 7) is 2.05. The monoisotopic (exact) mass is 434 g/mol. The molecule has 32 heavy (non-hydrogen) atoms. The minimum absolute atomic E-state index is 0.140. The summed E-state index contributed by atoms with van der Waals surface area (Å²) in [5, 5.41) is 9.52. The second kappa shape index (κ2) is 7.64. The van der Waals surface area contributed by atoms with Crippen LogP contribution in [-0.4, -0.2) is 52.4 Å². The maximum atomic E-state index is 13.9. The molecule has 0 aromatic heterocycles. The molecular formula is C27H34N2O3. The first-order valence-electron chi connectivity index (χ1n) is 12.6. The lowest BCUT2D eigenvalue weighted by molar-refractivity contribution is -0.162. The van der Waals surface area contributed by atoms with Crippen LogP contribution in [0, 0.1) is 23.2 Å². The lowest BCUT2D eigenvalue weighted by atomic mass is 9.49. The highest BCUT2D eigenvalue weighted by atomic mass is 16.3. The van der Waals surface area contributed by atoms with Gasteiger partial charge in [0.25, 0.3) is 0 Å². The van der Waals surface area contributed by atoms with Crippen LogP contribution in [0.2, 0.25) is 0 Å². The van der Waals surface area contributed by atoms with Gasteiger partial charge in [-0.3, -0.25) is 9.59 Å². The highest BCUT2D eigenvalue weighted by Crippen LogP contribution is 2.60. The Morgan fingerprint density at radius 3 is 2.19 bits per heavy atom. The van der Waals surface area contributed by atoms with E-state index in [1.807, 2.05) is 21.9 Å². The molecule has 170 valence electrons. The molecule has 1 unspecified atom stereocenters. The molecule has 1 aromatic carbocycles. The van der Waals surface area contributed by atoms with Crippen molar-refractivity contribution in [3.63, 3.8) is 0 Å². The highest BCUT2D eigenvalue weighted by molar-refractivity contribution is 5.91. The van der Waals surface area contributed by atoms with Crippen LogP contribution in [0.4, 0.5) is 0 Å². The number of carbonyl (C=O) groups is 2. The summed E-state index contributed by atoms with van der Waals surface area (Å²) >= 11 is 0. The fraction of sp³-hybridized carbons (Fsp3) is 0.630. The largest absolute Gasteiger partial charge is 0.508 e. The van der Waals surface area contributed by atoms with E-state index in [1.165, 1.54) is 24.8 Å². The number of amides is 2. The maximum Gasteiger partial charge on any atom is 0.245 e. The van der Waals surface area contributed by atoms with E-state index in [4.69, 9.17) is 0 Å². The molecule has 0 radical (unpaired) electrons. The molecule has 2 heterocycles. The Kier molecular flexibility index (Phi) is 4.85. The Bertz CT molecular complexity index is 915. The van der Waals surface area contributed by atoms with Gasteiger partial charge in [0.05, 0.1) is 5.41 Å². The number of phenols is 1. The molecule has 1 aromatic rings. The van der Waals surface area contributed by atoms with Gasteiger partial charge >= 0.3 is 0 Å². The number of phenolic OH excluding ortho intramolecular Hbond substituents is 1. The molecule has 2 aliphatic heterocycles. The van der Waals surface area contributed by atoms with Crippen LogP contribution in [0.15, 0.2) is 30.3 Å². The van der Waals surface area contributed by atoms with Gasteiger partial charge in [0.15, 0.2) is 0 Å². The van der Waals surface area contributed by atoms with Crippen molar-refractivity contribution in [2.75, 3.05) is 19.6 Å². The molecule has 7 rings (SSSR count). The Labute approximate surface area is 190 Å². The Hall–Kier alpha value is -2.30. The van der Waals surface area contributed by atoms with Gasteiger partial charge in [0.2, 0.25) is 11.8 Å². The second-order valence-corrected chi connectivity index (χ2v) is 11.2. The quantitative estimate of drug-likeness (QED) is 0.775. The van der Waals surface area contributed by atoms with Crippen LogP contribution < -0.4 is 0 Å². The van der Waals surface area contributed by atoms with E-state index >= 15 is 0 Å². The summed E-state index contributed by atoms with van der Waals surface area (Å²) in [5.41, 5.74) is 2.17. The lowest BCUT2D eigenvalue weighted by Gasteiger charge is -2.56. The molecule has 1 saturated heterocycles. The molecule has 6 aliphatic rings. The molecule has 4 bridgehead atoms. The van der Waals surface area contributed by atoms with Crippen LogP contribution in [0.5, 0.6) is 5.75 Å². The number of benzene rings is 1. The van der Waals surface area contributed by atoms with Gasteiger partial charge in [0, 0.05) is 19.6 Å². The number of hydrogen-bond donors (Lipinski definition) is 1. The van der Waals surface area contributed by atoms with Crippen LogP contribution in [0.3, 0.4) is 0 Å². The molecule has 1 N–H and O–H groups in total. The van der Waals surface area contributed by atoms with Gasteiger partial charge in [-0.05, 0) is 98.8 Å². The number of aromatic hydroxyl groups is 1. The van der Waals surface area contributed by atoms with E-state index in [-0.39, 0.29) is 23.1 Å². The molecular weight excluding hydrogens is 400 g/mol. The van der Waals surface area contributed by atoms with Crippen LogP contribution >= 0.6 is 0 Å². The number of carbonyl (C=O) groups excluding carboxylic acids is 2. The smallest absolute Gasteiger partial charge is 0.245 e. The van der Waals surface area contributed by atoms with Crippen molar-refractivity contribution in [2.24, 2.45) is 23.2 Å². The van der Waals surface area contributed by atoms with E-state index < -0.39 is 0 Å². The predicted molar refractivity (Wildman–Crippen MR) is 123 cm³/mol. The molecule has 1 atom stereocenters. The third kappa shape index (κ3) is 3.36. The zero-order chi connectivity index (χ0) is 21.9. The van der Waals surface area contributed by atoms with Crippen molar-refractivity contribution >= 4 is 17.4 Å². The summed E-state index contributed by atoms with van der Waals surface area (Å²) in [6.07, 6.45) is 11.9. The first-order valence-corrected chi connectivity index (χ1v) is 12.6. The number of nitrogens with zero attached hydrogens (tertiary/aromatic N) is 2. The molecule has 2 amide bonds. The van der Waals surface area contributed by atoms with E-state index in [0.717, 1.165) is 68.4 Å². The third-order valence-electron chi connectivity index (χ3n) is 9.05. The van der Waals surface area contributed by atoms with Crippen molar-refractivity contribution in [3.05, 3.63) is 35.9 Å². The molecule has 0 spiro atoms. The van der Waals surface area contributed by atoms with Gasteiger partial charge in [0.1, 0.15) is 11.8 Å². The fourth-order valence-corrected chi connectivity index (χ4v) is 7.96. The predicted octanol–water partition coefficient (Wildman–Crippen LogP) is 4.22. The van der Waals surface area contributed by atoms with Gasteiger partial charge in [-0.1, -0.05) is 18.2 Å². The summed E-state index contributed by atoms with van der Waals surface area (Å²) in [5.74, 6) is 2.95. The maximum absolute atomic E-state index is 13.9. The third-order valence-corrected chi connectivity index (χ3v) is 9.05. The molecule has 5 nitrogen and oxygen atoms in total. The van der Waals surface area contributed by atoms with Gasteiger partial charge in [-0.15, -0.1) is 0 Å². The number of hydrogen-bond acceptors (Lipinski definition) is 3. The van der Waals surface area contributed by atoms with Crippen LogP contribution in [0.1, 0.15) is 63.4 Å². The normalized spacial score (nSPS) is 35.8. The summed E-state index contributed by atoms with van der Waals surface area (Å²) in [6, 6.07) is 7.02. The molecule has 5 heteroatoms. The second-order valence-electron chi connectivity index (χ2n) is 11.2. The summed E-state index contributed by atoms with van der Waals surface area (Å²) in [7, 11) is 0. The van der Waals surface area contributed by atoms with Crippen LogP contribution in [-0.2, 0) is 9.59 Å². The Morgan fingerprint density at radius 2 is 1.59 bits per heavy atom. The van der Waals surface area contributed by atoms with E-state index in [2.05, 4.69) is 6.08 Å². The first-order chi connectivity index (χ1) is 15.5. The summed E-state index contributed by atoms with van der Waals surface area (Å²) < 4.78 is 0. The fourth-order valence-electron chi connectivity index (χ4n) is 7.96. The van der Waals surface area contributed by atoms with Crippen molar-refractivity contribution in [1.82, 2.24) is 9.80 Å². The van der Waals surface area contributed by atoms with Gasteiger partial charge < -0.3 is 14.9 Å².